The first-order chi connectivity index (χ1) is 6.48. The molecule has 1 heterocycles. The second-order valence-electron chi connectivity index (χ2n) is 2.13. The fourth-order valence-electron chi connectivity index (χ4n) is 0.897. The summed E-state index contributed by atoms with van der Waals surface area (Å²) in [5.41, 5.74) is 1.07. The van der Waals surface area contributed by atoms with Gasteiger partial charge < -0.3 is 0 Å². The summed E-state index contributed by atoms with van der Waals surface area (Å²) < 4.78 is 23.4. The first kappa shape index (κ1) is 4.21. The number of nitrogens with zero attached hydrogens (tertiary/aromatic N) is 3. The summed E-state index contributed by atoms with van der Waals surface area (Å²) in [4.78, 5) is 0. The number of aryl methyl sites for hydroxylation is 1. The highest BCUT2D eigenvalue weighted by molar-refractivity contribution is 9.10. The second kappa shape index (κ2) is 2.30. The minimum Gasteiger partial charge on any atom is -0.248 e. The summed E-state index contributed by atoms with van der Waals surface area (Å²) in [7, 11) is 0. The van der Waals surface area contributed by atoms with Crippen LogP contribution in [-0.4, -0.2) is 15.0 Å². The molecule has 0 aliphatic carbocycles. The van der Waals surface area contributed by atoms with Crippen LogP contribution in [0, 0.1) is 0 Å². The maximum absolute atomic E-state index is 7.21. The van der Waals surface area contributed by atoms with Gasteiger partial charge in [-0.25, -0.2) is 4.68 Å². The maximum atomic E-state index is 7.21. The molecule has 0 radical (unpaired) electrons. The smallest absolute Gasteiger partial charge is 0.114 e. The number of rotatable bonds is 0. The topological polar surface area (TPSA) is 30.7 Å². The highest BCUT2D eigenvalue weighted by Gasteiger charge is 1.99. The van der Waals surface area contributed by atoms with Crippen LogP contribution >= 0.6 is 15.9 Å². The monoisotopic (exact) mass is 214 g/mol. The van der Waals surface area contributed by atoms with Gasteiger partial charge in [-0.1, -0.05) is 21.1 Å². The van der Waals surface area contributed by atoms with Crippen LogP contribution < -0.4 is 0 Å². The fraction of sp³-hybridized carbons (Fsp3) is 0.143. The van der Waals surface area contributed by atoms with Gasteiger partial charge in [0.25, 0.3) is 0 Å². The Morgan fingerprint density at radius 2 is 2.55 bits per heavy atom. The predicted octanol–water partition coefficient (Wildman–Crippen LogP) is 1.73. The quantitative estimate of drug-likeness (QED) is 0.669. The number of halogens is 1. The van der Waals surface area contributed by atoms with Gasteiger partial charge >= 0.3 is 0 Å². The molecule has 0 atom stereocenters. The van der Waals surface area contributed by atoms with Crippen LogP contribution in [0.5, 0.6) is 0 Å². The standard InChI is InChI=1S/C7H6BrN3/c1-11-7-3-2-5(8)4-6(7)9-10-11/h2-4H,1H3/i1D3. The summed E-state index contributed by atoms with van der Waals surface area (Å²) in [6.07, 6.45) is 0. The van der Waals surface area contributed by atoms with Crippen LogP contribution in [0.25, 0.3) is 11.0 Å². The SMILES string of the molecule is [2H]C([2H])([2H])n1nnc2cc(Br)ccc21. The minimum atomic E-state index is -2.28. The van der Waals surface area contributed by atoms with E-state index in [1.807, 2.05) is 0 Å². The molecule has 0 aliphatic rings. The van der Waals surface area contributed by atoms with Crippen molar-refractivity contribution in [3.63, 3.8) is 0 Å². The highest BCUT2D eigenvalue weighted by atomic mass is 79.9. The number of aromatic nitrogens is 3. The molecule has 0 amide bonds. The molecule has 2 aromatic rings. The van der Waals surface area contributed by atoms with E-state index in [4.69, 9.17) is 4.11 Å². The largest absolute Gasteiger partial charge is 0.248 e. The zero-order chi connectivity index (χ0) is 10.3. The van der Waals surface area contributed by atoms with Crippen molar-refractivity contribution in [2.75, 3.05) is 0 Å². The van der Waals surface area contributed by atoms with Crippen molar-refractivity contribution in [1.29, 1.82) is 0 Å². The Bertz CT molecular complexity index is 476. The Balaban J connectivity index is 2.70. The molecule has 0 unspecified atom stereocenters. The third-order valence-electron chi connectivity index (χ3n) is 1.41. The van der Waals surface area contributed by atoms with E-state index in [-0.39, 0.29) is 0 Å². The molecule has 0 N–H and O–H groups in total. The predicted molar refractivity (Wildman–Crippen MR) is 46.2 cm³/mol. The summed E-state index contributed by atoms with van der Waals surface area (Å²) in [5, 5.41) is 7.36. The molecule has 0 aliphatic heterocycles. The van der Waals surface area contributed by atoms with E-state index in [2.05, 4.69) is 26.2 Å². The summed E-state index contributed by atoms with van der Waals surface area (Å²) in [6.45, 7) is -2.28. The van der Waals surface area contributed by atoms with E-state index < -0.39 is 6.98 Å². The van der Waals surface area contributed by atoms with Gasteiger partial charge in [0.15, 0.2) is 0 Å². The van der Waals surface area contributed by atoms with Crippen molar-refractivity contribution in [2.45, 2.75) is 0 Å². The van der Waals surface area contributed by atoms with E-state index >= 15 is 0 Å². The number of fused-ring (bicyclic) bond motifs is 1. The number of hydrogen-bond donors (Lipinski definition) is 0. The molecule has 3 nitrogen and oxygen atoms in total. The Hall–Kier alpha value is -0.900. The van der Waals surface area contributed by atoms with Gasteiger partial charge in [-0.3, -0.25) is 0 Å². The molecule has 0 spiro atoms. The molecule has 0 saturated heterocycles. The first-order valence-electron chi connectivity index (χ1n) is 4.50. The zero-order valence-corrected chi connectivity index (χ0v) is 7.04. The van der Waals surface area contributed by atoms with E-state index in [0.717, 1.165) is 9.15 Å². The Morgan fingerprint density at radius 3 is 3.36 bits per heavy atom. The lowest BCUT2D eigenvalue weighted by atomic mass is 10.3. The lowest BCUT2D eigenvalue weighted by molar-refractivity contribution is 0.736. The Kier molecular flexibility index (Phi) is 0.881. The van der Waals surface area contributed by atoms with Gasteiger partial charge in [-0.2, -0.15) is 0 Å². The van der Waals surface area contributed by atoms with Crippen LogP contribution in [0.2, 0.25) is 0 Å². The minimum absolute atomic E-state index is 0.508. The number of benzene rings is 1. The highest BCUT2D eigenvalue weighted by Crippen LogP contribution is 2.16. The molecule has 0 fully saturated rings. The zero-order valence-electron chi connectivity index (χ0n) is 8.45. The molecular formula is C7H6BrN3. The van der Waals surface area contributed by atoms with Gasteiger partial charge in [-0.15, -0.1) is 5.10 Å². The van der Waals surface area contributed by atoms with Crippen LogP contribution in [-0.2, 0) is 6.98 Å². The summed E-state index contributed by atoms with van der Waals surface area (Å²) in [6, 6.07) is 5.16. The van der Waals surface area contributed by atoms with Crippen molar-refractivity contribution in [2.24, 2.45) is 6.98 Å². The lowest BCUT2D eigenvalue weighted by Crippen LogP contribution is -1.88. The van der Waals surface area contributed by atoms with Crippen molar-refractivity contribution < 1.29 is 4.11 Å². The van der Waals surface area contributed by atoms with E-state index in [9.17, 15) is 0 Å². The van der Waals surface area contributed by atoms with Gasteiger partial charge in [0.1, 0.15) is 5.52 Å². The molecule has 0 bridgehead atoms. The van der Waals surface area contributed by atoms with Crippen LogP contribution in [0.4, 0.5) is 0 Å². The molecule has 4 heteroatoms. The van der Waals surface area contributed by atoms with Crippen molar-refractivity contribution in [1.82, 2.24) is 15.0 Å². The second-order valence-corrected chi connectivity index (χ2v) is 3.05. The third kappa shape index (κ3) is 1.03. The van der Waals surface area contributed by atoms with Crippen LogP contribution in [0.15, 0.2) is 22.7 Å². The maximum Gasteiger partial charge on any atom is 0.114 e. The average molecular weight is 215 g/mol. The molecule has 56 valence electrons. The fourth-order valence-corrected chi connectivity index (χ4v) is 1.25. The molecule has 1 aromatic heterocycles. The van der Waals surface area contributed by atoms with Crippen LogP contribution in [0.1, 0.15) is 4.11 Å². The van der Waals surface area contributed by atoms with Crippen molar-refractivity contribution in [3.05, 3.63) is 22.7 Å². The van der Waals surface area contributed by atoms with E-state index in [0.29, 0.717) is 11.0 Å². The van der Waals surface area contributed by atoms with Crippen molar-refractivity contribution in [3.8, 4) is 0 Å². The first-order valence-corrected chi connectivity index (χ1v) is 3.79. The number of hydrogen-bond acceptors (Lipinski definition) is 2. The average Bonchev–Trinajstić information content (AvgIpc) is 2.45. The summed E-state index contributed by atoms with van der Waals surface area (Å²) in [5.74, 6) is 0. The molecule has 0 saturated carbocycles. The normalized spacial score (nSPS) is 15.9. The van der Waals surface area contributed by atoms with Gasteiger partial charge in [0, 0.05) is 15.6 Å². The lowest BCUT2D eigenvalue weighted by Gasteiger charge is -1.90. The summed E-state index contributed by atoms with van der Waals surface area (Å²) >= 11 is 3.27. The van der Waals surface area contributed by atoms with E-state index in [1.165, 1.54) is 0 Å². The van der Waals surface area contributed by atoms with Gasteiger partial charge in [-0.05, 0) is 18.2 Å². The van der Waals surface area contributed by atoms with Gasteiger partial charge in [0.2, 0.25) is 0 Å². The Morgan fingerprint density at radius 1 is 1.64 bits per heavy atom. The molecule has 1 aromatic carbocycles. The van der Waals surface area contributed by atoms with Crippen molar-refractivity contribution >= 4 is 27.0 Å². The molecular weight excluding hydrogens is 206 g/mol. The van der Waals surface area contributed by atoms with E-state index in [1.54, 1.807) is 18.2 Å². The molecule has 2 rings (SSSR count). The third-order valence-corrected chi connectivity index (χ3v) is 1.90. The molecule has 11 heavy (non-hydrogen) atoms. The van der Waals surface area contributed by atoms with Crippen LogP contribution in [0.3, 0.4) is 0 Å². The van der Waals surface area contributed by atoms with Gasteiger partial charge in [0.05, 0.1) is 5.52 Å². The Labute approximate surface area is 76.4 Å².